The molecule has 0 saturated carbocycles. The zero-order chi connectivity index (χ0) is 13.9. The highest BCUT2D eigenvalue weighted by Gasteiger charge is 2.20. The lowest BCUT2D eigenvalue weighted by molar-refractivity contribution is -0.121. The summed E-state index contributed by atoms with van der Waals surface area (Å²) in [6, 6.07) is 5.50. The molecule has 0 radical (unpaired) electrons. The summed E-state index contributed by atoms with van der Waals surface area (Å²) >= 11 is 0. The molecule has 0 saturated heterocycles. The molecule has 1 atom stereocenters. The van der Waals surface area contributed by atoms with Crippen LogP contribution in [0.1, 0.15) is 51.2 Å². The largest absolute Gasteiger partial charge is 0.508 e. The summed E-state index contributed by atoms with van der Waals surface area (Å²) in [6.07, 6.45) is 0.338. The van der Waals surface area contributed by atoms with Gasteiger partial charge in [0.25, 0.3) is 0 Å². The van der Waals surface area contributed by atoms with Crippen molar-refractivity contribution in [3.8, 4) is 5.75 Å². The van der Waals surface area contributed by atoms with Gasteiger partial charge in [-0.25, -0.2) is 5.84 Å². The second-order valence-electron chi connectivity index (χ2n) is 5.70. The number of nitrogens with one attached hydrogen (secondary N) is 1. The van der Waals surface area contributed by atoms with Crippen LogP contribution in [0.25, 0.3) is 0 Å². The first kappa shape index (κ1) is 14.5. The summed E-state index contributed by atoms with van der Waals surface area (Å²) < 4.78 is 0. The maximum atomic E-state index is 11.3. The van der Waals surface area contributed by atoms with Gasteiger partial charge in [-0.2, -0.15) is 0 Å². The number of carbonyl (C=O) groups excluding carboxylic acids is 1. The molecule has 1 amide bonds. The van der Waals surface area contributed by atoms with Crippen LogP contribution >= 0.6 is 0 Å². The van der Waals surface area contributed by atoms with Crippen molar-refractivity contribution in [2.45, 2.75) is 45.4 Å². The van der Waals surface area contributed by atoms with Crippen LogP contribution in [0.4, 0.5) is 0 Å². The van der Waals surface area contributed by atoms with Crippen LogP contribution in [0.2, 0.25) is 0 Å². The van der Waals surface area contributed by atoms with Gasteiger partial charge >= 0.3 is 0 Å². The topological polar surface area (TPSA) is 75.4 Å². The Balaban J connectivity index is 3.01. The lowest BCUT2D eigenvalue weighted by Crippen LogP contribution is -2.30. The molecule has 0 aromatic heterocycles. The number of hydrazine groups is 1. The number of nitrogens with two attached hydrogens (primary N) is 1. The Hall–Kier alpha value is -1.55. The van der Waals surface area contributed by atoms with Crippen LogP contribution in [0.3, 0.4) is 0 Å². The van der Waals surface area contributed by atoms with Gasteiger partial charge in [0.1, 0.15) is 5.75 Å². The van der Waals surface area contributed by atoms with Gasteiger partial charge in [0.05, 0.1) is 0 Å². The van der Waals surface area contributed by atoms with Crippen molar-refractivity contribution in [1.29, 1.82) is 0 Å². The molecule has 0 bridgehead atoms. The van der Waals surface area contributed by atoms with Crippen LogP contribution in [-0.4, -0.2) is 11.0 Å². The van der Waals surface area contributed by atoms with Gasteiger partial charge < -0.3 is 5.11 Å². The number of aromatic hydroxyl groups is 1. The predicted octanol–water partition coefficient (Wildman–Crippen LogP) is 2.17. The Morgan fingerprint density at radius 2 is 2.06 bits per heavy atom. The Morgan fingerprint density at radius 3 is 2.56 bits per heavy atom. The number of rotatable bonds is 3. The third-order valence-corrected chi connectivity index (χ3v) is 3.05. The molecule has 1 rings (SSSR count). The molecule has 100 valence electrons. The van der Waals surface area contributed by atoms with E-state index in [1.807, 2.05) is 39.8 Å². The molecule has 1 aromatic rings. The number of amides is 1. The minimum atomic E-state index is -0.187. The van der Waals surface area contributed by atoms with E-state index in [9.17, 15) is 9.90 Å². The smallest absolute Gasteiger partial charge is 0.234 e. The average molecular weight is 250 g/mol. The van der Waals surface area contributed by atoms with Crippen molar-refractivity contribution in [2.75, 3.05) is 0 Å². The number of carbonyl (C=O) groups is 1. The first-order valence-electron chi connectivity index (χ1n) is 6.08. The lowest BCUT2D eigenvalue weighted by atomic mass is 9.83. The number of phenolic OH excluding ortho intramolecular Hbond substituents is 1. The maximum Gasteiger partial charge on any atom is 0.234 e. The van der Waals surface area contributed by atoms with E-state index in [2.05, 4.69) is 5.43 Å². The Kier molecular flexibility index (Phi) is 4.35. The highest BCUT2D eigenvalue weighted by atomic mass is 16.3. The van der Waals surface area contributed by atoms with Gasteiger partial charge in [-0.15, -0.1) is 0 Å². The van der Waals surface area contributed by atoms with E-state index in [4.69, 9.17) is 5.84 Å². The third-order valence-electron chi connectivity index (χ3n) is 3.05. The molecular weight excluding hydrogens is 228 g/mol. The van der Waals surface area contributed by atoms with E-state index in [1.165, 1.54) is 0 Å². The van der Waals surface area contributed by atoms with E-state index in [0.29, 0.717) is 12.2 Å². The fourth-order valence-corrected chi connectivity index (χ4v) is 1.92. The summed E-state index contributed by atoms with van der Waals surface area (Å²) in [5.74, 6) is 5.25. The monoisotopic (exact) mass is 250 g/mol. The second kappa shape index (κ2) is 5.40. The van der Waals surface area contributed by atoms with Gasteiger partial charge in [0.2, 0.25) is 5.91 Å². The highest BCUT2D eigenvalue weighted by molar-refractivity contribution is 5.76. The minimum absolute atomic E-state index is 0.0650. The molecule has 0 aliphatic rings. The molecule has 0 spiro atoms. The van der Waals surface area contributed by atoms with Crippen molar-refractivity contribution < 1.29 is 9.90 Å². The summed E-state index contributed by atoms with van der Waals surface area (Å²) in [7, 11) is 0. The van der Waals surface area contributed by atoms with Gasteiger partial charge in [-0.3, -0.25) is 10.2 Å². The van der Waals surface area contributed by atoms with E-state index < -0.39 is 0 Å². The van der Waals surface area contributed by atoms with Crippen molar-refractivity contribution in [1.82, 2.24) is 5.43 Å². The second-order valence-corrected chi connectivity index (χ2v) is 5.70. The summed E-state index contributed by atoms with van der Waals surface area (Å²) in [5, 5.41) is 9.88. The summed E-state index contributed by atoms with van der Waals surface area (Å²) in [4.78, 5) is 11.3. The number of hydrogen-bond donors (Lipinski definition) is 3. The van der Waals surface area contributed by atoms with Crippen molar-refractivity contribution >= 4 is 5.91 Å². The van der Waals surface area contributed by atoms with Crippen LogP contribution in [0, 0.1) is 0 Å². The van der Waals surface area contributed by atoms with Crippen LogP contribution in [-0.2, 0) is 10.2 Å². The van der Waals surface area contributed by atoms with Crippen LogP contribution in [0.5, 0.6) is 5.75 Å². The molecular formula is C14H22N2O2. The van der Waals surface area contributed by atoms with Gasteiger partial charge in [-0.1, -0.05) is 39.8 Å². The molecule has 18 heavy (non-hydrogen) atoms. The lowest BCUT2D eigenvalue weighted by Gasteiger charge is -2.22. The SMILES string of the molecule is CC(CC(=O)NN)c1ccc(O)c(C(C)(C)C)c1. The predicted molar refractivity (Wildman–Crippen MR) is 72.2 cm³/mol. The quantitative estimate of drug-likeness (QED) is 0.437. The molecule has 0 fully saturated rings. The first-order valence-corrected chi connectivity index (χ1v) is 6.08. The third kappa shape index (κ3) is 3.47. The Morgan fingerprint density at radius 1 is 1.44 bits per heavy atom. The zero-order valence-corrected chi connectivity index (χ0v) is 11.4. The van der Waals surface area contributed by atoms with Crippen molar-refractivity contribution in [3.63, 3.8) is 0 Å². The standard InChI is InChI=1S/C14H22N2O2/c1-9(7-13(18)16-15)10-5-6-12(17)11(8-10)14(2,3)4/h5-6,8-9,17H,7,15H2,1-4H3,(H,16,18). The number of hydrogen-bond acceptors (Lipinski definition) is 3. The Labute approximate surface area is 108 Å². The Bertz CT molecular complexity index is 436. The average Bonchev–Trinajstić information content (AvgIpc) is 2.27. The van der Waals surface area contributed by atoms with E-state index in [1.54, 1.807) is 6.07 Å². The van der Waals surface area contributed by atoms with Crippen molar-refractivity contribution in [3.05, 3.63) is 29.3 Å². The van der Waals surface area contributed by atoms with E-state index in [-0.39, 0.29) is 17.2 Å². The summed E-state index contributed by atoms with van der Waals surface area (Å²) in [5.41, 5.74) is 3.92. The molecule has 0 heterocycles. The molecule has 0 aliphatic carbocycles. The molecule has 1 unspecified atom stereocenters. The fourth-order valence-electron chi connectivity index (χ4n) is 1.92. The normalized spacial score (nSPS) is 13.2. The molecule has 4 heteroatoms. The molecule has 1 aromatic carbocycles. The van der Waals surface area contributed by atoms with Gasteiger partial charge in [0.15, 0.2) is 0 Å². The maximum absolute atomic E-state index is 11.3. The van der Waals surface area contributed by atoms with Gasteiger partial charge in [-0.05, 0) is 28.5 Å². The zero-order valence-electron chi connectivity index (χ0n) is 11.4. The molecule has 0 aliphatic heterocycles. The number of phenols is 1. The van der Waals surface area contributed by atoms with E-state index >= 15 is 0 Å². The van der Waals surface area contributed by atoms with Crippen molar-refractivity contribution in [2.24, 2.45) is 5.84 Å². The highest BCUT2D eigenvalue weighted by Crippen LogP contribution is 2.33. The first-order chi connectivity index (χ1) is 8.25. The van der Waals surface area contributed by atoms with Gasteiger partial charge in [0, 0.05) is 6.42 Å². The molecule has 4 N–H and O–H groups in total. The van der Waals surface area contributed by atoms with E-state index in [0.717, 1.165) is 11.1 Å². The summed E-state index contributed by atoms with van der Waals surface area (Å²) in [6.45, 7) is 8.10. The number of benzene rings is 1. The van der Waals surface area contributed by atoms with Crippen LogP contribution < -0.4 is 11.3 Å². The molecule has 4 nitrogen and oxygen atoms in total. The minimum Gasteiger partial charge on any atom is -0.508 e. The fraction of sp³-hybridized carbons (Fsp3) is 0.500. The van der Waals surface area contributed by atoms with Crippen LogP contribution in [0.15, 0.2) is 18.2 Å².